The zero-order chi connectivity index (χ0) is 15.5. The van der Waals surface area contributed by atoms with Gasteiger partial charge in [0.25, 0.3) is 5.69 Å². The van der Waals surface area contributed by atoms with Gasteiger partial charge in [-0.3, -0.25) is 10.1 Å². The minimum atomic E-state index is -0.378. The number of non-ortho nitro benzene ring substituents is 1. The van der Waals surface area contributed by atoms with Crippen LogP contribution in [0.3, 0.4) is 0 Å². The second kappa shape index (κ2) is 10.2. The van der Waals surface area contributed by atoms with Gasteiger partial charge in [0.2, 0.25) is 0 Å². The van der Waals surface area contributed by atoms with Crippen LogP contribution >= 0.6 is 0 Å². The van der Waals surface area contributed by atoms with Crippen molar-refractivity contribution in [1.29, 1.82) is 0 Å². The maximum Gasteiger partial charge on any atom is 0.270 e. The third-order valence-corrected chi connectivity index (χ3v) is 3.50. The summed E-state index contributed by atoms with van der Waals surface area (Å²) in [5, 5.41) is 14.1. The molecular weight excluding hydrogens is 268 g/mol. The van der Waals surface area contributed by atoms with E-state index in [9.17, 15) is 10.1 Å². The van der Waals surface area contributed by atoms with Crippen molar-refractivity contribution in [1.82, 2.24) is 5.32 Å². The summed E-state index contributed by atoms with van der Waals surface area (Å²) in [7, 11) is 1.58. The van der Waals surface area contributed by atoms with Gasteiger partial charge in [-0.15, -0.1) is 0 Å². The van der Waals surface area contributed by atoms with Gasteiger partial charge in [0.05, 0.1) is 12.0 Å². The van der Waals surface area contributed by atoms with Crippen molar-refractivity contribution < 1.29 is 9.66 Å². The number of ether oxygens (including phenoxy) is 1. The number of methoxy groups -OCH3 is 1. The van der Waals surface area contributed by atoms with Gasteiger partial charge in [-0.2, -0.15) is 0 Å². The summed E-state index contributed by atoms with van der Waals surface area (Å²) in [6, 6.07) is 4.70. The van der Waals surface area contributed by atoms with Crippen molar-refractivity contribution >= 4 is 5.69 Å². The van der Waals surface area contributed by atoms with Crippen LogP contribution < -0.4 is 10.1 Å². The number of rotatable bonds is 11. The van der Waals surface area contributed by atoms with E-state index < -0.39 is 0 Å². The lowest BCUT2D eigenvalue weighted by atomic mass is 10.1. The fourth-order valence-corrected chi connectivity index (χ4v) is 2.27. The third kappa shape index (κ3) is 6.58. The lowest BCUT2D eigenvalue weighted by molar-refractivity contribution is -0.384. The van der Waals surface area contributed by atoms with Crippen molar-refractivity contribution in [3.8, 4) is 5.75 Å². The smallest absolute Gasteiger partial charge is 0.270 e. The Balaban J connectivity index is 2.33. The molecule has 1 aromatic rings. The number of benzene rings is 1. The van der Waals surface area contributed by atoms with Crippen molar-refractivity contribution in [2.45, 2.75) is 52.0 Å². The molecule has 1 aromatic carbocycles. The van der Waals surface area contributed by atoms with Crippen LogP contribution in [0.5, 0.6) is 5.75 Å². The Bertz CT molecular complexity index is 436. The van der Waals surface area contributed by atoms with Gasteiger partial charge in [0, 0.05) is 24.2 Å². The standard InChI is InChI=1S/C16H26N2O3/c1-3-4-5-6-7-8-11-17-13-14-12-15(18(19)20)9-10-16(14)21-2/h9-10,12,17H,3-8,11,13H2,1-2H3. The SMILES string of the molecule is CCCCCCCCNCc1cc([N+](=O)[O-])ccc1OC. The first-order chi connectivity index (χ1) is 10.2. The summed E-state index contributed by atoms with van der Waals surface area (Å²) >= 11 is 0. The first-order valence-corrected chi connectivity index (χ1v) is 7.71. The highest BCUT2D eigenvalue weighted by Gasteiger charge is 2.10. The number of nitro groups is 1. The highest BCUT2D eigenvalue weighted by molar-refractivity contribution is 5.43. The normalized spacial score (nSPS) is 10.6. The molecule has 1 rings (SSSR count). The van der Waals surface area contributed by atoms with Crippen LogP contribution in [-0.2, 0) is 6.54 Å². The van der Waals surface area contributed by atoms with Crippen LogP contribution in [0, 0.1) is 10.1 Å². The molecule has 1 N–H and O–H groups in total. The molecule has 0 atom stereocenters. The van der Waals surface area contributed by atoms with E-state index in [4.69, 9.17) is 4.74 Å². The molecular formula is C16H26N2O3. The Labute approximate surface area is 126 Å². The molecule has 5 heteroatoms. The lowest BCUT2D eigenvalue weighted by Crippen LogP contribution is -2.15. The topological polar surface area (TPSA) is 64.4 Å². The average Bonchev–Trinajstić information content (AvgIpc) is 2.49. The van der Waals surface area contributed by atoms with E-state index in [0.717, 1.165) is 18.5 Å². The summed E-state index contributed by atoms with van der Waals surface area (Å²) in [5.74, 6) is 0.691. The molecule has 0 saturated heterocycles. The molecule has 0 radical (unpaired) electrons. The van der Waals surface area contributed by atoms with Crippen molar-refractivity contribution in [2.24, 2.45) is 0 Å². The largest absolute Gasteiger partial charge is 0.496 e. The molecule has 0 unspecified atom stereocenters. The summed E-state index contributed by atoms with van der Waals surface area (Å²) in [6.45, 7) is 3.74. The quantitative estimate of drug-likeness (QED) is 0.380. The zero-order valence-electron chi connectivity index (χ0n) is 13.1. The number of unbranched alkanes of at least 4 members (excludes halogenated alkanes) is 5. The first-order valence-electron chi connectivity index (χ1n) is 7.71. The van der Waals surface area contributed by atoms with Gasteiger partial charge < -0.3 is 10.1 Å². The number of nitrogens with one attached hydrogen (secondary N) is 1. The molecule has 0 aliphatic rings. The molecule has 0 bridgehead atoms. The van der Waals surface area contributed by atoms with E-state index in [1.54, 1.807) is 19.2 Å². The van der Waals surface area contributed by atoms with Crippen LogP contribution in [0.1, 0.15) is 51.0 Å². The molecule has 5 nitrogen and oxygen atoms in total. The summed E-state index contributed by atoms with van der Waals surface area (Å²) in [5.41, 5.74) is 0.935. The molecule has 0 aliphatic heterocycles. The minimum Gasteiger partial charge on any atom is -0.496 e. The maximum absolute atomic E-state index is 10.8. The summed E-state index contributed by atoms with van der Waals surface area (Å²) in [6.07, 6.45) is 7.56. The van der Waals surface area contributed by atoms with Crippen LogP contribution in [0.2, 0.25) is 0 Å². The molecule has 0 saturated carbocycles. The predicted molar refractivity (Wildman–Crippen MR) is 84.7 cm³/mol. The Morgan fingerprint density at radius 1 is 1.19 bits per heavy atom. The summed E-state index contributed by atoms with van der Waals surface area (Å²) < 4.78 is 5.24. The van der Waals surface area contributed by atoms with Crippen molar-refractivity contribution in [2.75, 3.05) is 13.7 Å². The Morgan fingerprint density at radius 2 is 1.90 bits per heavy atom. The lowest BCUT2D eigenvalue weighted by Gasteiger charge is -2.09. The fourth-order valence-electron chi connectivity index (χ4n) is 2.27. The van der Waals surface area contributed by atoms with Gasteiger partial charge >= 0.3 is 0 Å². The Kier molecular flexibility index (Phi) is 8.43. The van der Waals surface area contributed by atoms with Crippen molar-refractivity contribution in [3.63, 3.8) is 0 Å². The van der Waals surface area contributed by atoms with Gasteiger partial charge in [0.1, 0.15) is 5.75 Å². The molecule has 0 aliphatic carbocycles. The molecule has 118 valence electrons. The van der Waals surface area contributed by atoms with Gasteiger partial charge in [0.15, 0.2) is 0 Å². The van der Waals surface area contributed by atoms with Gasteiger partial charge in [-0.05, 0) is 19.0 Å². The molecule has 0 amide bonds. The monoisotopic (exact) mass is 294 g/mol. The van der Waals surface area contributed by atoms with Crippen LogP contribution in [0.15, 0.2) is 18.2 Å². The highest BCUT2D eigenvalue weighted by Crippen LogP contribution is 2.23. The second-order valence-corrected chi connectivity index (χ2v) is 5.20. The molecule has 21 heavy (non-hydrogen) atoms. The number of nitro benzene ring substituents is 1. The van der Waals surface area contributed by atoms with Gasteiger partial charge in [-0.25, -0.2) is 0 Å². The van der Waals surface area contributed by atoms with E-state index in [1.807, 2.05) is 0 Å². The molecule has 0 fully saturated rings. The molecule has 0 spiro atoms. The Morgan fingerprint density at radius 3 is 2.57 bits per heavy atom. The van der Waals surface area contributed by atoms with E-state index >= 15 is 0 Å². The van der Waals surface area contributed by atoms with Crippen molar-refractivity contribution in [3.05, 3.63) is 33.9 Å². The minimum absolute atomic E-state index is 0.104. The van der Waals surface area contributed by atoms with E-state index in [1.165, 1.54) is 38.2 Å². The molecule has 0 aromatic heterocycles. The van der Waals surface area contributed by atoms with Crippen LogP contribution in [0.4, 0.5) is 5.69 Å². The maximum atomic E-state index is 10.8. The average molecular weight is 294 g/mol. The number of hydrogen-bond donors (Lipinski definition) is 1. The predicted octanol–water partition coefficient (Wildman–Crippen LogP) is 4.05. The fraction of sp³-hybridized carbons (Fsp3) is 0.625. The van der Waals surface area contributed by atoms with E-state index in [-0.39, 0.29) is 10.6 Å². The van der Waals surface area contributed by atoms with Gasteiger partial charge in [-0.1, -0.05) is 39.0 Å². The summed E-state index contributed by atoms with van der Waals surface area (Å²) in [4.78, 5) is 10.4. The number of nitrogens with zero attached hydrogens (tertiary/aromatic N) is 1. The number of hydrogen-bond acceptors (Lipinski definition) is 4. The Hall–Kier alpha value is -1.62. The highest BCUT2D eigenvalue weighted by atomic mass is 16.6. The first kappa shape index (κ1) is 17.4. The zero-order valence-corrected chi connectivity index (χ0v) is 13.1. The van der Waals surface area contributed by atoms with Crippen LogP contribution in [0.25, 0.3) is 0 Å². The van der Waals surface area contributed by atoms with E-state index in [2.05, 4.69) is 12.2 Å². The third-order valence-electron chi connectivity index (χ3n) is 3.50. The van der Waals surface area contributed by atoms with E-state index in [0.29, 0.717) is 12.3 Å². The molecule has 0 heterocycles. The van der Waals surface area contributed by atoms with Crippen LogP contribution in [-0.4, -0.2) is 18.6 Å². The second-order valence-electron chi connectivity index (χ2n) is 5.20.